The Morgan fingerprint density at radius 2 is 2.29 bits per heavy atom. The van der Waals surface area contributed by atoms with E-state index in [9.17, 15) is 4.79 Å². The van der Waals surface area contributed by atoms with Crippen molar-refractivity contribution in [1.29, 1.82) is 0 Å². The molecule has 17 heavy (non-hydrogen) atoms. The van der Waals surface area contributed by atoms with E-state index in [0.717, 1.165) is 11.3 Å². The highest BCUT2D eigenvalue weighted by atomic mass is 16.3. The van der Waals surface area contributed by atoms with E-state index in [2.05, 4.69) is 4.98 Å². The number of aromatic nitrogens is 1. The third-order valence-electron chi connectivity index (χ3n) is 2.53. The zero-order valence-electron chi connectivity index (χ0n) is 9.88. The average Bonchev–Trinajstić information content (AvgIpc) is 2.83. The van der Waals surface area contributed by atoms with E-state index in [-0.39, 0.29) is 5.91 Å². The van der Waals surface area contributed by atoms with Crippen molar-refractivity contribution < 1.29 is 9.21 Å². The second-order valence-corrected chi connectivity index (χ2v) is 3.76. The molecular formula is C13H14N2O2. The summed E-state index contributed by atoms with van der Waals surface area (Å²) in [4.78, 5) is 17.7. The van der Waals surface area contributed by atoms with E-state index in [4.69, 9.17) is 4.42 Å². The van der Waals surface area contributed by atoms with Crippen LogP contribution in [0.3, 0.4) is 0 Å². The second kappa shape index (κ2) is 4.82. The summed E-state index contributed by atoms with van der Waals surface area (Å²) < 4.78 is 4.83. The molecule has 0 saturated heterocycles. The molecule has 0 atom stereocenters. The van der Waals surface area contributed by atoms with Crippen LogP contribution in [-0.2, 0) is 0 Å². The van der Waals surface area contributed by atoms with Crippen molar-refractivity contribution in [3.63, 3.8) is 0 Å². The fourth-order valence-electron chi connectivity index (χ4n) is 1.70. The SMILES string of the molecule is CCN(C(=O)c1cocn1)c1cccc(C)c1. The summed E-state index contributed by atoms with van der Waals surface area (Å²) in [6.07, 6.45) is 2.62. The largest absolute Gasteiger partial charge is 0.451 e. The van der Waals surface area contributed by atoms with Crippen molar-refractivity contribution in [3.05, 3.63) is 48.2 Å². The van der Waals surface area contributed by atoms with Crippen LogP contribution in [0, 0.1) is 6.92 Å². The van der Waals surface area contributed by atoms with Crippen LogP contribution in [0.15, 0.2) is 41.3 Å². The first kappa shape index (κ1) is 11.4. The first-order valence-corrected chi connectivity index (χ1v) is 5.49. The van der Waals surface area contributed by atoms with Crippen LogP contribution in [0.1, 0.15) is 23.0 Å². The van der Waals surface area contributed by atoms with Gasteiger partial charge in [0.1, 0.15) is 6.26 Å². The lowest BCUT2D eigenvalue weighted by Crippen LogP contribution is -2.30. The quantitative estimate of drug-likeness (QED) is 0.814. The maximum atomic E-state index is 12.2. The van der Waals surface area contributed by atoms with E-state index in [1.807, 2.05) is 38.1 Å². The molecule has 1 aromatic heterocycles. The van der Waals surface area contributed by atoms with Crippen molar-refractivity contribution in [2.75, 3.05) is 11.4 Å². The zero-order valence-corrected chi connectivity index (χ0v) is 9.88. The number of carbonyl (C=O) groups excluding carboxylic acids is 1. The van der Waals surface area contributed by atoms with Gasteiger partial charge in [0, 0.05) is 12.2 Å². The number of anilines is 1. The lowest BCUT2D eigenvalue weighted by molar-refractivity contribution is 0.0983. The normalized spacial score (nSPS) is 10.2. The van der Waals surface area contributed by atoms with Gasteiger partial charge in [0.05, 0.1) is 0 Å². The van der Waals surface area contributed by atoms with Crippen molar-refractivity contribution in [3.8, 4) is 0 Å². The monoisotopic (exact) mass is 230 g/mol. The Labute approximate surface area is 99.9 Å². The van der Waals surface area contributed by atoms with Gasteiger partial charge in [-0.1, -0.05) is 12.1 Å². The molecule has 88 valence electrons. The Morgan fingerprint density at radius 3 is 2.88 bits per heavy atom. The maximum absolute atomic E-state index is 12.2. The van der Waals surface area contributed by atoms with Gasteiger partial charge in [-0.05, 0) is 31.5 Å². The molecule has 1 aromatic carbocycles. The number of aryl methyl sites for hydroxylation is 1. The first-order chi connectivity index (χ1) is 8.22. The summed E-state index contributed by atoms with van der Waals surface area (Å²) in [5.41, 5.74) is 2.32. The van der Waals surface area contributed by atoms with Gasteiger partial charge in [0.2, 0.25) is 0 Å². The molecule has 1 heterocycles. The van der Waals surface area contributed by atoms with E-state index in [0.29, 0.717) is 12.2 Å². The van der Waals surface area contributed by atoms with Gasteiger partial charge in [0.15, 0.2) is 12.1 Å². The lowest BCUT2D eigenvalue weighted by Gasteiger charge is -2.20. The zero-order chi connectivity index (χ0) is 12.3. The Kier molecular flexibility index (Phi) is 3.23. The number of oxazole rings is 1. The van der Waals surface area contributed by atoms with E-state index in [1.165, 1.54) is 12.7 Å². The first-order valence-electron chi connectivity index (χ1n) is 5.49. The van der Waals surface area contributed by atoms with Crippen LogP contribution >= 0.6 is 0 Å². The van der Waals surface area contributed by atoms with Crippen molar-refractivity contribution >= 4 is 11.6 Å². The van der Waals surface area contributed by atoms with Gasteiger partial charge in [-0.25, -0.2) is 4.98 Å². The highest BCUT2D eigenvalue weighted by Gasteiger charge is 2.18. The topological polar surface area (TPSA) is 46.3 Å². The van der Waals surface area contributed by atoms with Crippen LogP contribution in [-0.4, -0.2) is 17.4 Å². The number of amides is 1. The third-order valence-corrected chi connectivity index (χ3v) is 2.53. The molecule has 0 aliphatic rings. The Hall–Kier alpha value is -2.10. The van der Waals surface area contributed by atoms with Gasteiger partial charge >= 0.3 is 0 Å². The highest BCUT2D eigenvalue weighted by Crippen LogP contribution is 2.17. The number of hydrogen-bond donors (Lipinski definition) is 0. The summed E-state index contributed by atoms with van der Waals surface area (Å²) in [6.45, 7) is 4.52. The second-order valence-electron chi connectivity index (χ2n) is 3.76. The van der Waals surface area contributed by atoms with Crippen molar-refractivity contribution in [2.24, 2.45) is 0 Å². The summed E-state index contributed by atoms with van der Waals surface area (Å²) >= 11 is 0. The molecule has 0 saturated carbocycles. The van der Waals surface area contributed by atoms with E-state index in [1.54, 1.807) is 4.90 Å². The van der Waals surface area contributed by atoms with Crippen molar-refractivity contribution in [1.82, 2.24) is 4.98 Å². The van der Waals surface area contributed by atoms with Crippen LogP contribution in [0.4, 0.5) is 5.69 Å². The van der Waals surface area contributed by atoms with E-state index < -0.39 is 0 Å². The van der Waals surface area contributed by atoms with Gasteiger partial charge in [-0.2, -0.15) is 0 Å². The molecule has 4 nitrogen and oxygen atoms in total. The lowest BCUT2D eigenvalue weighted by atomic mass is 10.2. The number of nitrogens with zero attached hydrogens (tertiary/aromatic N) is 2. The predicted octanol–water partition coefficient (Wildman–Crippen LogP) is 2.65. The minimum Gasteiger partial charge on any atom is -0.451 e. The molecule has 0 spiro atoms. The molecule has 0 bridgehead atoms. The molecule has 1 amide bonds. The molecule has 0 fully saturated rings. The van der Waals surface area contributed by atoms with Crippen LogP contribution < -0.4 is 4.90 Å². The Morgan fingerprint density at radius 1 is 1.47 bits per heavy atom. The third kappa shape index (κ3) is 2.36. The maximum Gasteiger partial charge on any atom is 0.280 e. The number of carbonyl (C=O) groups is 1. The molecule has 0 N–H and O–H groups in total. The van der Waals surface area contributed by atoms with Crippen molar-refractivity contribution in [2.45, 2.75) is 13.8 Å². The molecule has 2 aromatic rings. The van der Waals surface area contributed by atoms with Gasteiger partial charge in [0.25, 0.3) is 5.91 Å². The fourth-order valence-corrected chi connectivity index (χ4v) is 1.70. The van der Waals surface area contributed by atoms with Crippen LogP contribution in [0.25, 0.3) is 0 Å². The molecule has 4 heteroatoms. The van der Waals surface area contributed by atoms with Gasteiger partial charge in [-0.15, -0.1) is 0 Å². The summed E-state index contributed by atoms with van der Waals surface area (Å²) in [7, 11) is 0. The highest BCUT2D eigenvalue weighted by molar-refractivity contribution is 6.04. The van der Waals surface area contributed by atoms with Gasteiger partial charge < -0.3 is 9.32 Å². The number of hydrogen-bond acceptors (Lipinski definition) is 3. The fraction of sp³-hybridized carbons (Fsp3) is 0.231. The standard InChI is InChI=1S/C13H14N2O2/c1-3-15(11-6-4-5-10(2)7-11)13(16)12-8-17-9-14-12/h4-9H,3H2,1-2H3. The summed E-state index contributed by atoms with van der Waals surface area (Å²) in [5, 5.41) is 0. The molecular weight excluding hydrogens is 216 g/mol. The molecule has 0 radical (unpaired) electrons. The minimum absolute atomic E-state index is 0.146. The Balaban J connectivity index is 2.31. The minimum atomic E-state index is -0.146. The molecule has 0 aliphatic heterocycles. The predicted molar refractivity (Wildman–Crippen MR) is 65.0 cm³/mol. The summed E-state index contributed by atoms with van der Waals surface area (Å²) in [6, 6.07) is 7.82. The smallest absolute Gasteiger partial charge is 0.280 e. The average molecular weight is 230 g/mol. The number of rotatable bonds is 3. The van der Waals surface area contributed by atoms with Crippen LogP contribution in [0.5, 0.6) is 0 Å². The number of benzene rings is 1. The van der Waals surface area contributed by atoms with Gasteiger partial charge in [-0.3, -0.25) is 4.79 Å². The Bertz CT molecular complexity index is 506. The summed E-state index contributed by atoms with van der Waals surface area (Å²) in [5.74, 6) is -0.146. The molecule has 0 unspecified atom stereocenters. The van der Waals surface area contributed by atoms with E-state index >= 15 is 0 Å². The van der Waals surface area contributed by atoms with Crippen LogP contribution in [0.2, 0.25) is 0 Å². The molecule has 0 aliphatic carbocycles. The molecule has 2 rings (SSSR count).